The number of halogens is 1. The van der Waals surface area contributed by atoms with Gasteiger partial charge in [-0.1, -0.05) is 6.07 Å². The fourth-order valence-corrected chi connectivity index (χ4v) is 2.08. The fraction of sp³-hybridized carbons (Fsp3) is 0.500. The molecule has 1 nitrogen and oxygen atoms in total. The molecule has 0 amide bonds. The van der Waals surface area contributed by atoms with Crippen molar-refractivity contribution >= 4 is 11.6 Å². The molecule has 12 heavy (non-hydrogen) atoms. The van der Waals surface area contributed by atoms with Gasteiger partial charge in [0.05, 0.1) is 11.1 Å². The Morgan fingerprint density at radius 2 is 2.42 bits per heavy atom. The molecule has 1 aliphatic carbocycles. The van der Waals surface area contributed by atoms with Gasteiger partial charge in [-0.15, -0.1) is 11.6 Å². The molecule has 0 aromatic carbocycles. The predicted octanol–water partition coefficient (Wildman–Crippen LogP) is 3.01. The number of rotatable bonds is 0. The van der Waals surface area contributed by atoms with E-state index in [1.807, 2.05) is 6.20 Å². The molecule has 2 rings (SSSR count). The molecule has 0 saturated heterocycles. The minimum Gasteiger partial charge on any atom is -0.259 e. The lowest BCUT2D eigenvalue weighted by atomic mass is 9.95. The van der Waals surface area contributed by atoms with E-state index in [1.165, 1.54) is 17.5 Å². The van der Waals surface area contributed by atoms with E-state index in [4.69, 9.17) is 11.6 Å². The van der Waals surface area contributed by atoms with Gasteiger partial charge < -0.3 is 0 Å². The van der Waals surface area contributed by atoms with Crippen molar-refractivity contribution < 1.29 is 0 Å². The van der Waals surface area contributed by atoms with Gasteiger partial charge in [-0.25, -0.2) is 0 Å². The summed E-state index contributed by atoms with van der Waals surface area (Å²) in [6.07, 6.45) is 5.32. The van der Waals surface area contributed by atoms with Crippen molar-refractivity contribution in [1.82, 2.24) is 4.98 Å². The summed E-state index contributed by atoms with van der Waals surface area (Å²) in [5, 5.41) is 0.148. The first-order valence-electron chi connectivity index (χ1n) is 4.37. The quantitative estimate of drug-likeness (QED) is 0.561. The van der Waals surface area contributed by atoms with Gasteiger partial charge in [-0.3, -0.25) is 4.98 Å². The highest BCUT2D eigenvalue weighted by atomic mass is 35.5. The highest BCUT2D eigenvalue weighted by Gasteiger charge is 2.18. The number of alkyl halides is 1. The van der Waals surface area contributed by atoms with Crippen LogP contribution in [0.3, 0.4) is 0 Å². The average Bonchev–Trinajstić information content (AvgIpc) is 2.04. The van der Waals surface area contributed by atoms with Crippen molar-refractivity contribution in [3.8, 4) is 0 Å². The van der Waals surface area contributed by atoms with Crippen molar-refractivity contribution in [3.63, 3.8) is 0 Å². The molecule has 64 valence electrons. The predicted molar refractivity (Wildman–Crippen MR) is 50.5 cm³/mol. The van der Waals surface area contributed by atoms with Gasteiger partial charge in [0, 0.05) is 6.20 Å². The van der Waals surface area contributed by atoms with Crippen LogP contribution in [0.2, 0.25) is 0 Å². The van der Waals surface area contributed by atoms with Crippen LogP contribution in [-0.4, -0.2) is 4.98 Å². The standard InChI is InChI=1S/C10H12ClN/c1-7-5-8-3-2-4-9(11)10(8)12-6-7/h5-6,9H,2-4H2,1H3/t9-/m1/s1. The zero-order valence-electron chi connectivity index (χ0n) is 7.18. The average molecular weight is 182 g/mol. The van der Waals surface area contributed by atoms with E-state index in [-0.39, 0.29) is 5.38 Å². The van der Waals surface area contributed by atoms with Crippen LogP contribution in [0.15, 0.2) is 12.3 Å². The van der Waals surface area contributed by atoms with Crippen molar-refractivity contribution in [1.29, 1.82) is 0 Å². The van der Waals surface area contributed by atoms with E-state index in [9.17, 15) is 0 Å². The van der Waals surface area contributed by atoms with Gasteiger partial charge in [0.25, 0.3) is 0 Å². The second-order valence-corrected chi connectivity index (χ2v) is 3.94. The van der Waals surface area contributed by atoms with Gasteiger partial charge in [-0.05, 0) is 37.3 Å². The third kappa shape index (κ3) is 1.34. The summed E-state index contributed by atoms with van der Waals surface area (Å²) in [5.41, 5.74) is 3.69. The molecule has 1 aromatic rings. The minimum atomic E-state index is 0.148. The SMILES string of the molecule is Cc1cnc2c(c1)CCC[C@H]2Cl. The molecule has 1 atom stereocenters. The molecule has 0 bridgehead atoms. The molecule has 2 heteroatoms. The number of hydrogen-bond acceptors (Lipinski definition) is 1. The summed E-state index contributed by atoms with van der Waals surface area (Å²) in [7, 11) is 0. The number of nitrogens with zero attached hydrogens (tertiary/aromatic N) is 1. The summed E-state index contributed by atoms with van der Waals surface area (Å²) in [6, 6.07) is 2.21. The van der Waals surface area contributed by atoms with Crippen LogP contribution in [0, 0.1) is 6.92 Å². The van der Waals surface area contributed by atoms with E-state index in [0.717, 1.165) is 18.5 Å². The number of aryl methyl sites for hydroxylation is 2. The number of hydrogen-bond donors (Lipinski definition) is 0. The van der Waals surface area contributed by atoms with E-state index in [2.05, 4.69) is 18.0 Å². The minimum absolute atomic E-state index is 0.148. The molecule has 0 fully saturated rings. The summed E-state index contributed by atoms with van der Waals surface area (Å²) in [6.45, 7) is 2.07. The van der Waals surface area contributed by atoms with Crippen molar-refractivity contribution in [2.75, 3.05) is 0 Å². The topological polar surface area (TPSA) is 12.9 Å². The first kappa shape index (κ1) is 8.06. The Bertz CT molecular complexity index is 296. The lowest BCUT2D eigenvalue weighted by Gasteiger charge is -2.19. The summed E-state index contributed by atoms with van der Waals surface area (Å²) < 4.78 is 0. The van der Waals surface area contributed by atoms with Crippen LogP contribution in [0.4, 0.5) is 0 Å². The molecule has 0 radical (unpaired) electrons. The number of pyridine rings is 1. The monoisotopic (exact) mass is 181 g/mol. The molecular formula is C10H12ClN. The van der Waals surface area contributed by atoms with Crippen molar-refractivity contribution in [3.05, 3.63) is 29.1 Å². The summed E-state index contributed by atoms with van der Waals surface area (Å²) in [5.74, 6) is 0. The lowest BCUT2D eigenvalue weighted by molar-refractivity contribution is 0.648. The zero-order valence-corrected chi connectivity index (χ0v) is 7.93. The third-order valence-corrected chi connectivity index (χ3v) is 2.76. The fourth-order valence-electron chi connectivity index (χ4n) is 1.73. The van der Waals surface area contributed by atoms with Crippen LogP contribution in [0.25, 0.3) is 0 Å². The van der Waals surface area contributed by atoms with Gasteiger partial charge >= 0.3 is 0 Å². The lowest BCUT2D eigenvalue weighted by Crippen LogP contribution is -2.07. The third-order valence-electron chi connectivity index (χ3n) is 2.34. The second kappa shape index (κ2) is 3.06. The van der Waals surface area contributed by atoms with Crippen LogP contribution < -0.4 is 0 Å². The summed E-state index contributed by atoms with van der Waals surface area (Å²) >= 11 is 6.14. The molecule has 0 spiro atoms. The number of aromatic nitrogens is 1. The molecule has 0 N–H and O–H groups in total. The van der Waals surface area contributed by atoms with E-state index >= 15 is 0 Å². The summed E-state index contributed by atoms with van der Waals surface area (Å²) in [4.78, 5) is 4.37. The molecular weight excluding hydrogens is 170 g/mol. The van der Waals surface area contributed by atoms with Crippen molar-refractivity contribution in [2.24, 2.45) is 0 Å². The smallest absolute Gasteiger partial charge is 0.0760 e. The number of fused-ring (bicyclic) bond motifs is 1. The van der Waals surface area contributed by atoms with E-state index in [1.54, 1.807) is 0 Å². The first-order valence-corrected chi connectivity index (χ1v) is 4.80. The Morgan fingerprint density at radius 1 is 1.58 bits per heavy atom. The van der Waals surface area contributed by atoms with E-state index < -0.39 is 0 Å². The highest BCUT2D eigenvalue weighted by molar-refractivity contribution is 6.20. The molecule has 1 aromatic heterocycles. The largest absolute Gasteiger partial charge is 0.259 e. The van der Waals surface area contributed by atoms with Gasteiger partial charge in [-0.2, -0.15) is 0 Å². The maximum atomic E-state index is 6.14. The van der Waals surface area contributed by atoms with Gasteiger partial charge in [0.2, 0.25) is 0 Å². The van der Waals surface area contributed by atoms with Gasteiger partial charge in [0.1, 0.15) is 0 Å². The maximum Gasteiger partial charge on any atom is 0.0760 e. The van der Waals surface area contributed by atoms with Crippen LogP contribution in [0.1, 0.15) is 35.0 Å². The second-order valence-electron chi connectivity index (χ2n) is 3.42. The Labute approximate surface area is 77.8 Å². The van der Waals surface area contributed by atoms with Crippen LogP contribution in [0.5, 0.6) is 0 Å². The highest BCUT2D eigenvalue weighted by Crippen LogP contribution is 2.32. The van der Waals surface area contributed by atoms with Crippen molar-refractivity contribution in [2.45, 2.75) is 31.6 Å². The Hall–Kier alpha value is -0.560. The molecule has 0 aliphatic heterocycles. The Kier molecular flexibility index (Phi) is 2.05. The molecule has 0 unspecified atom stereocenters. The Morgan fingerprint density at radius 3 is 3.25 bits per heavy atom. The normalized spacial score (nSPS) is 22.0. The molecule has 1 heterocycles. The van der Waals surface area contributed by atoms with E-state index in [0.29, 0.717) is 0 Å². The molecule has 1 aliphatic rings. The van der Waals surface area contributed by atoms with Gasteiger partial charge in [0.15, 0.2) is 0 Å². The molecule has 0 saturated carbocycles. The van der Waals surface area contributed by atoms with Crippen LogP contribution >= 0.6 is 11.6 Å². The maximum absolute atomic E-state index is 6.14. The Balaban J connectivity index is 2.46. The zero-order chi connectivity index (χ0) is 8.55. The first-order chi connectivity index (χ1) is 5.77. The van der Waals surface area contributed by atoms with Crippen LogP contribution in [-0.2, 0) is 6.42 Å².